The molecule has 4 heteroatoms. The maximum absolute atomic E-state index is 10.5. The Kier molecular flexibility index (Phi) is 3.77. The summed E-state index contributed by atoms with van der Waals surface area (Å²) in [6.07, 6.45) is 8.25. The molecule has 0 bridgehead atoms. The lowest BCUT2D eigenvalue weighted by Crippen LogP contribution is -2.29. The Bertz CT molecular complexity index is 324. The summed E-state index contributed by atoms with van der Waals surface area (Å²) in [5.41, 5.74) is 0.918. The van der Waals surface area contributed by atoms with E-state index in [4.69, 9.17) is 15.9 Å². The highest BCUT2D eigenvalue weighted by molar-refractivity contribution is 5.69. The molecule has 74 valence electrons. The van der Waals surface area contributed by atoms with E-state index < -0.39 is 5.97 Å². The third kappa shape index (κ3) is 3.33. The van der Waals surface area contributed by atoms with Crippen molar-refractivity contribution in [1.29, 1.82) is 0 Å². The van der Waals surface area contributed by atoms with Crippen LogP contribution < -0.4 is 0 Å². The maximum Gasteiger partial charge on any atom is 0.317 e. The fraction of sp³-hybridized carbons (Fsp3) is 0.300. The van der Waals surface area contributed by atoms with Gasteiger partial charge in [-0.25, -0.2) is 0 Å². The lowest BCUT2D eigenvalue weighted by molar-refractivity contribution is -0.138. The topological polar surface area (TPSA) is 53.7 Å². The molecule has 0 atom stereocenters. The summed E-state index contributed by atoms with van der Waals surface area (Å²) in [6, 6.07) is 1.78. The van der Waals surface area contributed by atoms with E-state index in [9.17, 15) is 4.79 Å². The van der Waals surface area contributed by atoms with E-state index in [1.807, 2.05) is 0 Å². The summed E-state index contributed by atoms with van der Waals surface area (Å²) in [5.74, 6) is 1.53. The van der Waals surface area contributed by atoms with Crippen LogP contribution >= 0.6 is 0 Å². The van der Waals surface area contributed by atoms with E-state index in [1.54, 1.807) is 23.5 Å². The number of carbonyl (C=O) groups is 1. The minimum absolute atomic E-state index is 0.0601. The number of terminal acetylenes is 1. The predicted molar refractivity (Wildman–Crippen MR) is 50.5 cm³/mol. The lowest BCUT2D eigenvalue weighted by Gasteiger charge is -2.15. The summed E-state index contributed by atoms with van der Waals surface area (Å²) in [4.78, 5) is 12.1. The molecular weight excluding hydrogens is 182 g/mol. The summed E-state index contributed by atoms with van der Waals surface area (Å²) in [6.45, 7) is 0.750. The van der Waals surface area contributed by atoms with E-state index in [2.05, 4.69) is 5.92 Å². The van der Waals surface area contributed by atoms with Crippen LogP contribution in [0.1, 0.15) is 5.56 Å². The Labute approximate surface area is 82.1 Å². The molecule has 1 rings (SSSR count). The van der Waals surface area contributed by atoms with Crippen LogP contribution in [-0.4, -0.2) is 29.1 Å². The number of aliphatic carboxylic acids is 1. The Hall–Kier alpha value is -1.73. The minimum atomic E-state index is -0.885. The van der Waals surface area contributed by atoms with Gasteiger partial charge in [0, 0.05) is 12.1 Å². The van der Waals surface area contributed by atoms with Crippen molar-refractivity contribution < 1.29 is 14.3 Å². The molecule has 4 nitrogen and oxygen atoms in total. The third-order valence-corrected chi connectivity index (χ3v) is 1.66. The Morgan fingerprint density at radius 2 is 2.50 bits per heavy atom. The van der Waals surface area contributed by atoms with Gasteiger partial charge < -0.3 is 9.52 Å². The van der Waals surface area contributed by atoms with E-state index in [0.29, 0.717) is 13.1 Å². The zero-order chi connectivity index (χ0) is 10.4. The number of carboxylic acids is 1. The van der Waals surface area contributed by atoms with Crippen molar-refractivity contribution in [1.82, 2.24) is 4.90 Å². The smallest absolute Gasteiger partial charge is 0.317 e. The second-order valence-electron chi connectivity index (χ2n) is 2.87. The van der Waals surface area contributed by atoms with Gasteiger partial charge in [0.15, 0.2) is 0 Å². The van der Waals surface area contributed by atoms with Crippen molar-refractivity contribution in [2.75, 3.05) is 13.1 Å². The lowest BCUT2D eigenvalue weighted by atomic mass is 10.3. The van der Waals surface area contributed by atoms with Gasteiger partial charge in [-0.3, -0.25) is 9.69 Å². The molecule has 0 spiro atoms. The van der Waals surface area contributed by atoms with Crippen LogP contribution in [0.15, 0.2) is 23.0 Å². The summed E-state index contributed by atoms with van der Waals surface area (Å²) in [7, 11) is 0. The van der Waals surface area contributed by atoms with Gasteiger partial charge in [-0.2, -0.15) is 0 Å². The molecule has 0 aliphatic rings. The van der Waals surface area contributed by atoms with Gasteiger partial charge in [0.25, 0.3) is 0 Å². The van der Waals surface area contributed by atoms with Crippen LogP contribution in [0.2, 0.25) is 0 Å². The monoisotopic (exact) mass is 193 g/mol. The van der Waals surface area contributed by atoms with Crippen LogP contribution in [0, 0.1) is 12.3 Å². The van der Waals surface area contributed by atoms with Crippen LogP contribution in [0.25, 0.3) is 0 Å². The molecule has 0 radical (unpaired) electrons. The van der Waals surface area contributed by atoms with Gasteiger partial charge in [-0.15, -0.1) is 6.42 Å². The van der Waals surface area contributed by atoms with E-state index in [-0.39, 0.29) is 6.54 Å². The first kappa shape index (κ1) is 10.4. The first-order chi connectivity index (χ1) is 6.72. The van der Waals surface area contributed by atoms with Crippen LogP contribution in [0.4, 0.5) is 0 Å². The number of furan rings is 1. The normalized spacial score (nSPS) is 10.0. The Balaban J connectivity index is 2.52. The molecule has 1 heterocycles. The first-order valence-corrected chi connectivity index (χ1v) is 4.11. The predicted octanol–water partition coefficient (Wildman–Crippen LogP) is 0.799. The van der Waals surface area contributed by atoms with Gasteiger partial charge in [0.05, 0.1) is 25.6 Å². The summed E-state index contributed by atoms with van der Waals surface area (Å²) < 4.78 is 4.87. The van der Waals surface area contributed by atoms with Gasteiger partial charge in [-0.05, 0) is 6.07 Å². The van der Waals surface area contributed by atoms with Crippen LogP contribution in [0.5, 0.6) is 0 Å². The highest BCUT2D eigenvalue weighted by Gasteiger charge is 2.09. The molecule has 0 saturated heterocycles. The van der Waals surface area contributed by atoms with Crippen molar-refractivity contribution in [3.05, 3.63) is 24.2 Å². The number of carboxylic acid groups (broad SMARTS) is 1. The molecule has 14 heavy (non-hydrogen) atoms. The number of rotatable bonds is 5. The maximum atomic E-state index is 10.5. The largest absolute Gasteiger partial charge is 0.480 e. The van der Waals surface area contributed by atoms with Gasteiger partial charge in [0.1, 0.15) is 0 Å². The Morgan fingerprint density at radius 1 is 1.71 bits per heavy atom. The van der Waals surface area contributed by atoms with Gasteiger partial charge in [-0.1, -0.05) is 5.92 Å². The SMILES string of the molecule is C#CCN(CC(=O)O)Cc1ccoc1. The molecule has 0 aliphatic carbocycles. The number of nitrogens with zero attached hydrogens (tertiary/aromatic N) is 1. The van der Waals surface area contributed by atoms with Crippen molar-refractivity contribution in [2.24, 2.45) is 0 Å². The molecule has 1 aromatic heterocycles. The molecule has 0 saturated carbocycles. The molecule has 1 aromatic rings. The van der Waals surface area contributed by atoms with Crippen molar-refractivity contribution in [2.45, 2.75) is 6.54 Å². The quantitative estimate of drug-likeness (QED) is 0.703. The second-order valence-corrected chi connectivity index (χ2v) is 2.87. The average Bonchev–Trinajstić information content (AvgIpc) is 2.56. The fourth-order valence-corrected chi connectivity index (χ4v) is 1.13. The van der Waals surface area contributed by atoms with Crippen molar-refractivity contribution >= 4 is 5.97 Å². The number of hydrogen-bond acceptors (Lipinski definition) is 3. The highest BCUT2D eigenvalue weighted by Crippen LogP contribution is 2.04. The molecule has 1 N–H and O–H groups in total. The zero-order valence-electron chi connectivity index (χ0n) is 7.64. The van der Waals surface area contributed by atoms with Crippen LogP contribution in [0.3, 0.4) is 0 Å². The van der Waals surface area contributed by atoms with E-state index in [0.717, 1.165) is 5.56 Å². The third-order valence-electron chi connectivity index (χ3n) is 1.66. The second kappa shape index (κ2) is 5.10. The fourth-order valence-electron chi connectivity index (χ4n) is 1.13. The van der Waals surface area contributed by atoms with E-state index in [1.165, 1.54) is 0 Å². The molecule has 0 aliphatic heterocycles. The highest BCUT2D eigenvalue weighted by atomic mass is 16.4. The summed E-state index contributed by atoms with van der Waals surface area (Å²) in [5, 5.41) is 8.61. The molecular formula is C10H11NO3. The average molecular weight is 193 g/mol. The standard InChI is InChI=1S/C10H11NO3/c1-2-4-11(7-10(12)13)6-9-3-5-14-8-9/h1,3,5,8H,4,6-7H2,(H,12,13). The summed E-state index contributed by atoms with van der Waals surface area (Å²) >= 11 is 0. The molecule has 0 fully saturated rings. The molecule has 0 amide bonds. The molecule has 0 unspecified atom stereocenters. The molecule has 0 aromatic carbocycles. The zero-order valence-corrected chi connectivity index (χ0v) is 7.64. The Morgan fingerprint density at radius 3 is 3.00 bits per heavy atom. The van der Waals surface area contributed by atoms with Crippen molar-refractivity contribution in [3.8, 4) is 12.3 Å². The van der Waals surface area contributed by atoms with Crippen LogP contribution in [-0.2, 0) is 11.3 Å². The number of hydrogen-bond donors (Lipinski definition) is 1. The van der Waals surface area contributed by atoms with Gasteiger partial charge in [0.2, 0.25) is 0 Å². The van der Waals surface area contributed by atoms with Crippen molar-refractivity contribution in [3.63, 3.8) is 0 Å². The van der Waals surface area contributed by atoms with E-state index >= 15 is 0 Å². The van der Waals surface area contributed by atoms with Gasteiger partial charge >= 0.3 is 5.97 Å². The first-order valence-electron chi connectivity index (χ1n) is 4.11. The minimum Gasteiger partial charge on any atom is -0.480 e.